The third-order valence-corrected chi connectivity index (χ3v) is 4.45. The molecule has 106 valence electrons. The first-order valence-electron chi connectivity index (χ1n) is 7.37. The van der Waals surface area contributed by atoms with Crippen molar-refractivity contribution < 1.29 is 4.79 Å². The van der Waals surface area contributed by atoms with Crippen LogP contribution in [-0.2, 0) is 4.79 Å². The summed E-state index contributed by atoms with van der Waals surface area (Å²) in [5, 5.41) is 3.06. The molecule has 18 heavy (non-hydrogen) atoms. The fourth-order valence-electron chi connectivity index (χ4n) is 2.99. The minimum Gasteiger partial charge on any atom is -0.354 e. The standard InChI is InChI=1S/C15H30N2O/c1-5-10-15(4,16)13(18)17-11-14(2,3)12-8-6-7-9-12/h12H,5-11,16H2,1-4H3,(H,17,18). The minimum absolute atomic E-state index is 0.00424. The highest BCUT2D eigenvalue weighted by Crippen LogP contribution is 2.39. The highest BCUT2D eigenvalue weighted by atomic mass is 16.2. The predicted octanol–water partition coefficient (Wildman–Crippen LogP) is 2.84. The summed E-state index contributed by atoms with van der Waals surface area (Å²) in [6, 6.07) is 0. The topological polar surface area (TPSA) is 55.1 Å². The molecule has 1 unspecified atom stereocenters. The Morgan fingerprint density at radius 2 is 1.83 bits per heavy atom. The van der Waals surface area contributed by atoms with Crippen LogP contribution in [0.2, 0.25) is 0 Å². The van der Waals surface area contributed by atoms with E-state index in [0.29, 0.717) is 0 Å². The van der Waals surface area contributed by atoms with Crippen molar-refractivity contribution in [2.45, 2.75) is 71.8 Å². The maximum Gasteiger partial charge on any atom is 0.239 e. The molecule has 0 bridgehead atoms. The summed E-state index contributed by atoms with van der Waals surface area (Å²) in [4.78, 5) is 12.1. The molecule has 0 spiro atoms. The lowest BCUT2D eigenvalue weighted by Crippen LogP contribution is -2.53. The van der Waals surface area contributed by atoms with Crippen molar-refractivity contribution in [1.82, 2.24) is 5.32 Å². The minimum atomic E-state index is -0.722. The molecule has 1 atom stereocenters. The van der Waals surface area contributed by atoms with Gasteiger partial charge in [0.15, 0.2) is 0 Å². The van der Waals surface area contributed by atoms with Crippen LogP contribution in [0.15, 0.2) is 0 Å². The van der Waals surface area contributed by atoms with Crippen LogP contribution in [0.1, 0.15) is 66.2 Å². The summed E-state index contributed by atoms with van der Waals surface area (Å²) in [6.45, 7) is 9.15. The van der Waals surface area contributed by atoms with Gasteiger partial charge in [-0.25, -0.2) is 0 Å². The normalized spacial score (nSPS) is 20.7. The van der Waals surface area contributed by atoms with Crippen molar-refractivity contribution in [2.75, 3.05) is 6.54 Å². The van der Waals surface area contributed by atoms with Gasteiger partial charge in [0.05, 0.1) is 5.54 Å². The summed E-state index contributed by atoms with van der Waals surface area (Å²) in [5.74, 6) is 0.739. The molecule has 0 aliphatic heterocycles. The largest absolute Gasteiger partial charge is 0.354 e. The van der Waals surface area contributed by atoms with Crippen LogP contribution >= 0.6 is 0 Å². The molecule has 0 aromatic heterocycles. The van der Waals surface area contributed by atoms with E-state index in [-0.39, 0.29) is 11.3 Å². The van der Waals surface area contributed by atoms with Gasteiger partial charge >= 0.3 is 0 Å². The highest BCUT2D eigenvalue weighted by Gasteiger charge is 2.34. The second-order valence-corrected chi connectivity index (χ2v) is 6.82. The number of nitrogens with one attached hydrogen (secondary N) is 1. The lowest BCUT2D eigenvalue weighted by Gasteiger charge is -2.33. The molecular formula is C15H30N2O. The Morgan fingerprint density at radius 3 is 2.33 bits per heavy atom. The molecule has 1 saturated carbocycles. The van der Waals surface area contributed by atoms with Crippen molar-refractivity contribution in [3.63, 3.8) is 0 Å². The van der Waals surface area contributed by atoms with Gasteiger partial charge in [-0.15, -0.1) is 0 Å². The molecule has 0 aromatic rings. The highest BCUT2D eigenvalue weighted by molar-refractivity contribution is 5.85. The number of carbonyl (C=O) groups is 1. The smallest absolute Gasteiger partial charge is 0.239 e. The van der Waals surface area contributed by atoms with Gasteiger partial charge in [0.2, 0.25) is 5.91 Å². The van der Waals surface area contributed by atoms with Crippen LogP contribution in [-0.4, -0.2) is 18.0 Å². The van der Waals surface area contributed by atoms with E-state index in [0.717, 1.165) is 25.3 Å². The van der Waals surface area contributed by atoms with Gasteiger partial charge in [0.1, 0.15) is 0 Å². The summed E-state index contributed by atoms with van der Waals surface area (Å²) in [6.07, 6.45) is 6.96. The van der Waals surface area contributed by atoms with Gasteiger partial charge in [-0.1, -0.05) is 40.0 Å². The van der Waals surface area contributed by atoms with Crippen LogP contribution in [0, 0.1) is 11.3 Å². The molecule has 0 heterocycles. The summed E-state index contributed by atoms with van der Waals surface area (Å²) in [5.41, 5.74) is 5.51. The summed E-state index contributed by atoms with van der Waals surface area (Å²) in [7, 11) is 0. The Balaban J connectivity index is 2.46. The molecule has 1 fully saturated rings. The van der Waals surface area contributed by atoms with E-state index >= 15 is 0 Å². The zero-order valence-corrected chi connectivity index (χ0v) is 12.5. The van der Waals surface area contributed by atoms with Crippen molar-refractivity contribution in [2.24, 2.45) is 17.1 Å². The molecule has 3 nitrogen and oxygen atoms in total. The lowest BCUT2D eigenvalue weighted by atomic mass is 9.77. The molecule has 0 aromatic carbocycles. The van der Waals surface area contributed by atoms with Gasteiger partial charge in [-0.3, -0.25) is 4.79 Å². The number of nitrogens with two attached hydrogens (primary N) is 1. The van der Waals surface area contributed by atoms with Gasteiger partial charge < -0.3 is 11.1 Å². The molecule has 3 N–H and O–H groups in total. The maximum atomic E-state index is 12.1. The second-order valence-electron chi connectivity index (χ2n) is 6.82. The van der Waals surface area contributed by atoms with E-state index in [4.69, 9.17) is 5.73 Å². The molecule has 1 aliphatic rings. The van der Waals surface area contributed by atoms with Gasteiger partial charge in [-0.05, 0) is 37.5 Å². The molecule has 1 amide bonds. The number of carbonyl (C=O) groups excluding carboxylic acids is 1. The first-order valence-corrected chi connectivity index (χ1v) is 7.37. The number of hydrogen-bond acceptors (Lipinski definition) is 2. The van der Waals surface area contributed by atoms with E-state index < -0.39 is 5.54 Å². The Labute approximate surface area is 112 Å². The summed E-state index contributed by atoms with van der Waals surface area (Å²) >= 11 is 0. The molecule has 0 saturated heterocycles. The van der Waals surface area contributed by atoms with E-state index in [9.17, 15) is 4.79 Å². The number of amides is 1. The molecular weight excluding hydrogens is 224 g/mol. The fraction of sp³-hybridized carbons (Fsp3) is 0.933. The van der Waals surface area contributed by atoms with Crippen molar-refractivity contribution in [1.29, 1.82) is 0 Å². The van der Waals surface area contributed by atoms with Crippen LogP contribution in [0.5, 0.6) is 0 Å². The molecule has 1 rings (SSSR count). The quantitative estimate of drug-likeness (QED) is 0.766. The van der Waals surface area contributed by atoms with E-state index in [1.54, 1.807) is 0 Å². The first-order chi connectivity index (χ1) is 8.29. The zero-order chi connectivity index (χ0) is 13.8. The third kappa shape index (κ3) is 3.98. The van der Waals surface area contributed by atoms with Crippen LogP contribution in [0.4, 0.5) is 0 Å². The molecule has 0 radical (unpaired) electrons. The SMILES string of the molecule is CCCC(C)(N)C(=O)NCC(C)(C)C1CCCC1. The second kappa shape index (κ2) is 6.05. The van der Waals surface area contributed by atoms with Crippen molar-refractivity contribution >= 4 is 5.91 Å². The fourth-order valence-corrected chi connectivity index (χ4v) is 2.99. The predicted molar refractivity (Wildman–Crippen MR) is 76.2 cm³/mol. The van der Waals surface area contributed by atoms with Crippen molar-refractivity contribution in [3.8, 4) is 0 Å². The van der Waals surface area contributed by atoms with Gasteiger partial charge in [0, 0.05) is 6.54 Å². The van der Waals surface area contributed by atoms with Crippen molar-refractivity contribution in [3.05, 3.63) is 0 Å². The number of hydrogen-bond donors (Lipinski definition) is 2. The average molecular weight is 254 g/mol. The third-order valence-electron chi connectivity index (χ3n) is 4.45. The Kier molecular flexibility index (Phi) is 5.20. The molecule has 3 heteroatoms. The van der Waals surface area contributed by atoms with Gasteiger partial charge in [0.25, 0.3) is 0 Å². The van der Waals surface area contributed by atoms with Gasteiger partial charge in [-0.2, -0.15) is 0 Å². The maximum absolute atomic E-state index is 12.1. The lowest BCUT2D eigenvalue weighted by molar-refractivity contribution is -0.126. The van der Waals surface area contributed by atoms with Crippen LogP contribution < -0.4 is 11.1 Å². The average Bonchev–Trinajstić information content (AvgIpc) is 2.79. The first kappa shape index (κ1) is 15.5. The Bertz CT molecular complexity index is 278. The van der Waals surface area contributed by atoms with E-state index in [2.05, 4.69) is 26.1 Å². The zero-order valence-electron chi connectivity index (χ0n) is 12.5. The summed E-state index contributed by atoms with van der Waals surface area (Å²) < 4.78 is 0. The number of rotatable bonds is 6. The molecule has 1 aliphatic carbocycles. The Hall–Kier alpha value is -0.570. The van der Waals surface area contributed by atoms with Crippen LogP contribution in [0.3, 0.4) is 0 Å². The monoisotopic (exact) mass is 254 g/mol. The van der Waals surface area contributed by atoms with E-state index in [1.807, 2.05) is 6.92 Å². The Morgan fingerprint density at radius 1 is 1.28 bits per heavy atom. The van der Waals surface area contributed by atoms with Crippen LogP contribution in [0.25, 0.3) is 0 Å². The van der Waals surface area contributed by atoms with E-state index in [1.165, 1.54) is 25.7 Å².